The largest absolute Gasteiger partial charge is 0.476 e. The molecule has 1 amide bonds. The van der Waals surface area contributed by atoms with Crippen LogP contribution < -0.4 is 5.32 Å². The van der Waals surface area contributed by atoms with Gasteiger partial charge in [-0.2, -0.15) is 0 Å². The van der Waals surface area contributed by atoms with Crippen molar-refractivity contribution in [1.29, 1.82) is 0 Å². The number of nitrogens with zero attached hydrogens (tertiary/aromatic N) is 1. The van der Waals surface area contributed by atoms with E-state index < -0.39 is 35.0 Å². The van der Waals surface area contributed by atoms with Crippen LogP contribution in [-0.4, -0.2) is 27.8 Å². The predicted molar refractivity (Wildman–Crippen MR) is 92.0 cm³/mol. The highest BCUT2D eigenvalue weighted by molar-refractivity contribution is 9.10. The summed E-state index contributed by atoms with van der Waals surface area (Å²) in [6, 6.07) is 2.20. The molecule has 0 bridgehead atoms. The number of hydrogen-bond acceptors (Lipinski definition) is 5. The second-order valence-corrected chi connectivity index (χ2v) is 7.79. The molecule has 10 heteroatoms. The third kappa shape index (κ3) is 4.73. The molecular weight excluding hydrogens is 422 g/mol. The number of carbonyl (C=O) groups is 2. The Balaban J connectivity index is 2.44. The van der Waals surface area contributed by atoms with Crippen molar-refractivity contribution in [2.24, 2.45) is 0 Å². The Labute approximate surface area is 154 Å². The summed E-state index contributed by atoms with van der Waals surface area (Å²) >= 11 is 3.73. The standard InChI is InChI=1S/C15H13BrF2N2O4S/c1-15(2,3)24-14(23)20-12-10(13(21)22)19-11(25-12)7-4-6(16)5-8(17)9(7)18/h4-5H,1-3H3,(H,20,23)(H,21,22). The van der Waals surface area contributed by atoms with Crippen LogP contribution in [0.15, 0.2) is 16.6 Å². The number of halogens is 3. The van der Waals surface area contributed by atoms with Crippen molar-refractivity contribution >= 4 is 44.3 Å². The van der Waals surface area contributed by atoms with E-state index in [1.807, 2.05) is 0 Å². The molecule has 0 aliphatic carbocycles. The summed E-state index contributed by atoms with van der Waals surface area (Å²) in [4.78, 5) is 27.0. The highest BCUT2D eigenvalue weighted by atomic mass is 79.9. The highest BCUT2D eigenvalue weighted by Crippen LogP contribution is 2.36. The molecule has 2 aromatic rings. The van der Waals surface area contributed by atoms with Gasteiger partial charge in [-0.25, -0.2) is 23.4 Å². The van der Waals surface area contributed by atoms with Crippen molar-refractivity contribution in [2.75, 3.05) is 5.32 Å². The number of thiazole rings is 1. The minimum absolute atomic E-state index is 0.0961. The normalized spacial score (nSPS) is 11.3. The lowest BCUT2D eigenvalue weighted by Gasteiger charge is -2.19. The molecule has 0 radical (unpaired) electrons. The van der Waals surface area contributed by atoms with Gasteiger partial charge in [-0.15, -0.1) is 0 Å². The Bertz CT molecular complexity index is 849. The average molecular weight is 435 g/mol. The molecule has 0 atom stereocenters. The summed E-state index contributed by atoms with van der Waals surface area (Å²) in [5.41, 5.74) is -1.51. The number of carboxylic acid groups (broad SMARTS) is 1. The smallest absolute Gasteiger partial charge is 0.412 e. The quantitative estimate of drug-likeness (QED) is 0.670. The van der Waals surface area contributed by atoms with E-state index in [0.717, 1.165) is 6.07 Å². The van der Waals surface area contributed by atoms with Crippen LogP contribution in [0, 0.1) is 11.6 Å². The maximum absolute atomic E-state index is 14.0. The fourth-order valence-electron chi connectivity index (χ4n) is 1.77. The van der Waals surface area contributed by atoms with Gasteiger partial charge < -0.3 is 9.84 Å². The number of carboxylic acids is 1. The first-order valence-corrected chi connectivity index (χ1v) is 8.48. The number of aromatic nitrogens is 1. The predicted octanol–water partition coefficient (Wildman–Crippen LogP) is 4.90. The zero-order valence-corrected chi connectivity index (χ0v) is 15.7. The van der Waals surface area contributed by atoms with Gasteiger partial charge >= 0.3 is 12.1 Å². The lowest BCUT2D eigenvalue weighted by Crippen LogP contribution is -2.27. The molecule has 0 aliphatic heterocycles. The average Bonchev–Trinajstić information content (AvgIpc) is 2.84. The van der Waals surface area contributed by atoms with Gasteiger partial charge in [-0.05, 0) is 32.9 Å². The Kier molecular flexibility index (Phi) is 5.43. The second kappa shape index (κ2) is 7.04. The molecule has 1 aromatic carbocycles. The van der Waals surface area contributed by atoms with Gasteiger partial charge in [-0.3, -0.25) is 5.32 Å². The summed E-state index contributed by atoms with van der Waals surface area (Å²) in [5.74, 6) is -3.71. The number of hydrogen-bond donors (Lipinski definition) is 2. The van der Waals surface area contributed by atoms with E-state index >= 15 is 0 Å². The number of amides is 1. The molecule has 2 N–H and O–H groups in total. The van der Waals surface area contributed by atoms with Gasteiger partial charge in [0.2, 0.25) is 0 Å². The van der Waals surface area contributed by atoms with Crippen LogP contribution >= 0.6 is 27.3 Å². The highest BCUT2D eigenvalue weighted by Gasteiger charge is 2.25. The van der Waals surface area contributed by atoms with E-state index in [2.05, 4.69) is 26.2 Å². The Morgan fingerprint density at radius 3 is 2.52 bits per heavy atom. The summed E-state index contributed by atoms with van der Waals surface area (Å²) in [6.45, 7) is 4.92. The molecule has 0 saturated heterocycles. The van der Waals surface area contributed by atoms with Crippen LogP contribution in [0.25, 0.3) is 10.6 Å². The van der Waals surface area contributed by atoms with Crippen molar-refractivity contribution in [3.63, 3.8) is 0 Å². The van der Waals surface area contributed by atoms with E-state index in [1.54, 1.807) is 20.8 Å². The van der Waals surface area contributed by atoms with Crippen molar-refractivity contribution in [2.45, 2.75) is 26.4 Å². The van der Waals surface area contributed by atoms with E-state index in [4.69, 9.17) is 4.74 Å². The third-order valence-corrected chi connectivity index (χ3v) is 4.13. The fraction of sp³-hybridized carbons (Fsp3) is 0.267. The lowest BCUT2D eigenvalue weighted by molar-refractivity contribution is 0.0636. The fourth-order valence-corrected chi connectivity index (χ4v) is 3.16. The van der Waals surface area contributed by atoms with E-state index in [1.165, 1.54) is 6.07 Å². The number of nitrogens with one attached hydrogen (secondary N) is 1. The molecule has 0 fully saturated rings. The molecule has 1 heterocycles. The first-order chi connectivity index (χ1) is 11.5. The SMILES string of the molecule is CC(C)(C)OC(=O)Nc1sc(-c2cc(Br)cc(F)c2F)nc1C(=O)O. The molecule has 0 saturated carbocycles. The van der Waals surface area contributed by atoms with Crippen molar-refractivity contribution < 1.29 is 28.2 Å². The van der Waals surface area contributed by atoms with Crippen LogP contribution in [0.1, 0.15) is 31.3 Å². The first kappa shape index (κ1) is 19.3. The van der Waals surface area contributed by atoms with Crippen LogP contribution in [0.3, 0.4) is 0 Å². The molecule has 2 rings (SSSR count). The molecule has 25 heavy (non-hydrogen) atoms. The summed E-state index contributed by atoms with van der Waals surface area (Å²) in [5, 5.41) is 11.3. The molecule has 6 nitrogen and oxygen atoms in total. The summed E-state index contributed by atoms with van der Waals surface area (Å²) in [7, 11) is 0. The molecule has 0 unspecified atom stereocenters. The zero-order chi connectivity index (χ0) is 18.9. The summed E-state index contributed by atoms with van der Waals surface area (Å²) in [6.07, 6.45) is -0.883. The maximum Gasteiger partial charge on any atom is 0.412 e. The van der Waals surface area contributed by atoms with Gasteiger partial charge in [0, 0.05) is 4.47 Å². The Hall–Kier alpha value is -2.07. The Morgan fingerprint density at radius 1 is 1.32 bits per heavy atom. The van der Waals surface area contributed by atoms with Crippen molar-refractivity contribution in [3.05, 3.63) is 33.9 Å². The maximum atomic E-state index is 14.0. The number of benzene rings is 1. The lowest BCUT2D eigenvalue weighted by atomic mass is 10.2. The molecule has 0 spiro atoms. The third-order valence-electron chi connectivity index (χ3n) is 2.67. The van der Waals surface area contributed by atoms with Gasteiger partial charge in [0.25, 0.3) is 0 Å². The first-order valence-electron chi connectivity index (χ1n) is 6.87. The minimum Gasteiger partial charge on any atom is -0.476 e. The zero-order valence-electron chi connectivity index (χ0n) is 13.3. The monoisotopic (exact) mass is 434 g/mol. The number of ether oxygens (including phenoxy) is 1. The molecular formula is C15H13BrF2N2O4S. The van der Waals surface area contributed by atoms with Crippen LogP contribution in [0.5, 0.6) is 0 Å². The van der Waals surface area contributed by atoms with Crippen LogP contribution in [0.2, 0.25) is 0 Å². The van der Waals surface area contributed by atoms with E-state index in [-0.39, 0.29) is 20.0 Å². The topological polar surface area (TPSA) is 88.5 Å². The molecule has 134 valence electrons. The van der Waals surface area contributed by atoms with E-state index in [0.29, 0.717) is 11.3 Å². The summed E-state index contributed by atoms with van der Waals surface area (Å²) < 4.78 is 32.9. The minimum atomic E-state index is -1.43. The van der Waals surface area contributed by atoms with E-state index in [9.17, 15) is 23.5 Å². The second-order valence-electron chi connectivity index (χ2n) is 5.88. The number of aromatic carboxylic acids is 1. The van der Waals surface area contributed by atoms with Crippen molar-refractivity contribution in [3.8, 4) is 10.6 Å². The van der Waals surface area contributed by atoms with Gasteiger partial charge in [-0.1, -0.05) is 27.3 Å². The van der Waals surface area contributed by atoms with Gasteiger partial charge in [0.15, 0.2) is 17.3 Å². The molecule has 0 aliphatic rings. The van der Waals surface area contributed by atoms with Gasteiger partial charge in [0.1, 0.15) is 15.6 Å². The Morgan fingerprint density at radius 2 is 1.96 bits per heavy atom. The van der Waals surface area contributed by atoms with Gasteiger partial charge in [0.05, 0.1) is 5.56 Å². The van der Waals surface area contributed by atoms with Crippen LogP contribution in [0.4, 0.5) is 18.6 Å². The van der Waals surface area contributed by atoms with Crippen molar-refractivity contribution in [1.82, 2.24) is 4.98 Å². The number of anilines is 1. The number of carbonyl (C=O) groups excluding carboxylic acids is 1. The molecule has 1 aromatic heterocycles. The van der Waals surface area contributed by atoms with Crippen LogP contribution in [-0.2, 0) is 4.74 Å². The number of rotatable bonds is 3.